The van der Waals surface area contributed by atoms with E-state index in [-0.39, 0.29) is 23.4 Å². The minimum Gasteiger partial charge on any atom is -0.315 e. The van der Waals surface area contributed by atoms with E-state index < -0.39 is 0 Å². The third-order valence-corrected chi connectivity index (χ3v) is 3.57. The summed E-state index contributed by atoms with van der Waals surface area (Å²) in [5.41, 5.74) is 0.589. The van der Waals surface area contributed by atoms with E-state index in [9.17, 15) is 9.18 Å². The van der Waals surface area contributed by atoms with Crippen LogP contribution in [0.25, 0.3) is 0 Å². The van der Waals surface area contributed by atoms with Crippen LogP contribution in [0.4, 0.5) is 4.39 Å². The first kappa shape index (κ1) is 12.5. The average molecular weight is 256 g/mol. The van der Waals surface area contributed by atoms with E-state index in [1.54, 1.807) is 12.1 Å². The van der Waals surface area contributed by atoms with Crippen molar-refractivity contribution in [2.75, 3.05) is 13.1 Å². The molecule has 2 nitrogen and oxygen atoms in total. The minimum atomic E-state index is -0.319. The van der Waals surface area contributed by atoms with E-state index in [2.05, 4.69) is 5.32 Å². The largest absolute Gasteiger partial charge is 0.315 e. The van der Waals surface area contributed by atoms with Gasteiger partial charge in [-0.1, -0.05) is 24.6 Å². The molecule has 1 saturated heterocycles. The summed E-state index contributed by atoms with van der Waals surface area (Å²) in [5, 5.41) is 3.54. The summed E-state index contributed by atoms with van der Waals surface area (Å²) in [6, 6.07) is 4.67. The Morgan fingerprint density at radius 1 is 1.53 bits per heavy atom. The Morgan fingerprint density at radius 2 is 2.29 bits per heavy atom. The Hall–Kier alpha value is -0.930. The van der Waals surface area contributed by atoms with Crippen LogP contribution in [0, 0.1) is 11.7 Å². The summed E-state index contributed by atoms with van der Waals surface area (Å²) in [5.74, 6) is -0.315. The zero-order valence-corrected chi connectivity index (χ0v) is 10.4. The fourth-order valence-corrected chi connectivity index (χ4v) is 2.57. The molecular weight excluding hydrogens is 241 g/mol. The van der Waals surface area contributed by atoms with Gasteiger partial charge in [0.15, 0.2) is 0 Å². The van der Waals surface area contributed by atoms with E-state index in [1.165, 1.54) is 6.07 Å². The van der Waals surface area contributed by atoms with E-state index in [0.717, 1.165) is 0 Å². The number of hydrogen-bond acceptors (Lipinski definition) is 2. The molecule has 0 aromatic heterocycles. The number of halogens is 2. The molecule has 2 rings (SSSR count). The number of carbonyl (C=O) groups excluding carboxylic acids is 1. The molecule has 92 valence electrons. The van der Waals surface area contributed by atoms with Crippen LogP contribution in [0.2, 0.25) is 5.02 Å². The third-order valence-electron chi connectivity index (χ3n) is 3.34. The number of ketones is 1. The van der Waals surface area contributed by atoms with Crippen molar-refractivity contribution in [2.24, 2.45) is 5.92 Å². The van der Waals surface area contributed by atoms with Gasteiger partial charge in [0.1, 0.15) is 11.6 Å². The highest BCUT2D eigenvalue weighted by Crippen LogP contribution is 2.32. The highest BCUT2D eigenvalue weighted by molar-refractivity contribution is 6.30. The number of rotatable bonds is 3. The van der Waals surface area contributed by atoms with Crippen molar-refractivity contribution in [3.05, 3.63) is 34.6 Å². The number of hydrogen-bond donors (Lipinski definition) is 1. The molecule has 0 unspecified atom stereocenters. The normalized spacial score (nSPS) is 23.9. The first-order valence-corrected chi connectivity index (χ1v) is 6.19. The molecular formula is C13H15ClFNO. The van der Waals surface area contributed by atoms with Gasteiger partial charge in [-0.2, -0.15) is 0 Å². The van der Waals surface area contributed by atoms with Gasteiger partial charge in [-0.25, -0.2) is 4.39 Å². The second-order valence-corrected chi connectivity index (χ2v) is 4.79. The molecule has 1 N–H and O–H groups in total. The molecule has 4 heteroatoms. The Labute approximate surface area is 105 Å². The monoisotopic (exact) mass is 255 g/mol. The van der Waals surface area contributed by atoms with E-state index in [4.69, 9.17) is 11.6 Å². The molecule has 0 aliphatic carbocycles. The molecule has 1 aliphatic heterocycles. The first-order chi connectivity index (χ1) is 8.13. The van der Waals surface area contributed by atoms with Crippen molar-refractivity contribution in [1.82, 2.24) is 5.32 Å². The van der Waals surface area contributed by atoms with E-state index in [1.807, 2.05) is 6.92 Å². The molecule has 0 bridgehead atoms. The Balaban J connectivity index is 2.29. The van der Waals surface area contributed by atoms with Crippen LogP contribution in [0.15, 0.2) is 18.2 Å². The lowest BCUT2D eigenvalue weighted by Crippen LogP contribution is -2.21. The summed E-state index contributed by atoms with van der Waals surface area (Å²) in [7, 11) is 0. The fourth-order valence-electron chi connectivity index (χ4n) is 2.41. The highest BCUT2D eigenvalue weighted by atomic mass is 35.5. The quantitative estimate of drug-likeness (QED) is 0.900. The number of benzene rings is 1. The van der Waals surface area contributed by atoms with Gasteiger partial charge < -0.3 is 5.32 Å². The average Bonchev–Trinajstić information content (AvgIpc) is 2.77. The summed E-state index contributed by atoms with van der Waals surface area (Å²) >= 11 is 5.73. The molecule has 0 radical (unpaired) electrons. The molecule has 1 aliphatic rings. The Bertz CT molecular complexity index is 435. The van der Waals surface area contributed by atoms with Crippen LogP contribution >= 0.6 is 11.6 Å². The molecule has 0 spiro atoms. The van der Waals surface area contributed by atoms with E-state index >= 15 is 0 Å². The zero-order chi connectivity index (χ0) is 12.4. The predicted octanol–water partition coefficient (Wildman–Crippen LogP) is 2.76. The van der Waals surface area contributed by atoms with Crippen molar-refractivity contribution >= 4 is 17.4 Å². The van der Waals surface area contributed by atoms with Crippen LogP contribution in [-0.2, 0) is 4.79 Å². The predicted molar refractivity (Wildman–Crippen MR) is 65.8 cm³/mol. The van der Waals surface area contributed by atoms with Crippen LogP contribution in [0.3, 0.4) is 0 Å². The van der Waals surface area contributed by atoms with Crippen LogP contribution in [-0.4, -0.2) is 18.9 Å². The molecule has 1 fully saturated rings. The molecule has 2 atom stereocenters. The maximum Gasteiger partial charge on any atom is 0.137 e. The maximum absolute atomic E-state index is 13.8. The number of carbonyl (C=O) groups is 1. The number of nitrogens with one attached hydrogen (secondary N) is 1. The van der Waals surface area contributed by atoms with Crippen LogP contribution < -0.4 is 5.32 Å². The van der Waals surface area contributed by atoms with Crippen molar-refractivity contribution in [2.45, 2.75) is 19.3 Å². The molecule has 0 saturated carbocycles. The van der Waals surface area contributed by atoms with Gasteiger partial charge in [0.05, 0.1) is 0 Å². The lowest BCUT2D eigenvalue weighted by atomic mass is 9.85. The van der Waals surface area contributed by atoms with Gasteiger partial charge in [-0.15, -0.1) is 0 Å². The molecule has 17 heavy (non-hydrogen) atoms. The van der Waals surface area contributed by atoms with Crippen molar-refractivity contribution in [1.29, 1.82) is 0 Å². The second kappa shape index (κ2) is 5.15. The lowest BCUT2D eigenvalue weighted by molar-refractivity contribution is -0.122. The molecule has 1 aromatic carbocycles. The van der Waals surface area contributed by atoms with E-state index in [0.29, 0.717) is 30.1 Å². The summed E-state index contributed by atoms with van der Waals surface area (Å²) in [6.45, 7) is 3.13. The molecule has 1 aromatic rings. The maximum atomic E-state index is 13.8. The van der Waals surface area contributed by atoms with Crippen molar-refractivity contribution < 1.29 is 9.18 Å². The first-order valence-electron chi connectivity index (χ1n) is 5.82. The Morgan fingerprint density at radius 3 is 2.94 bits per heavy atom. The smallest absolute Gasteiger partial charge is 0.137 e. The van der Waals surface area contributed by atoms with Gasteiger partial charge in [-0.3, -0.25) is 4.79 Å². The third kappa shape index (κ3) is 2.50. The van der Waals surface area contributed by atoms with Gasteiger partial charge in [0.25, 0.3) is 0 Å². The molecule has 1 heterocycles. The van der Waals surface area contributed by atoms with Crippen molar-refractivity contribution in [3.8, 4) is 0 Å². The zero-order valence-electron chi connectivity index (χ0n) is 9.67. The highest BCUT2D eigenvalue weighted by Gasteiger charge is 2.34. The summed E-state index contributed by atoms with van der Waals surface area (Å²) in [6.07, 6.45) is 0.498. The lowest BCUT2D eigenvalue weighted by Gasteiger charge is -2.18. The topological polar surface area (TPSA) is 29.1 Å². The van der Waals surface area contributed by atoms with Gasteiger partial charge >= 0.3 is 0 Å². The molecule has 0 amide bonds. The summed E-state index contributed by atoms with van der Waals surface area (Å²) < 4.78 is 13.8. The van der Waals surface area contributed by atoms with Gasteiger partial charge in [0, 0.05) is 36.4 Å². The van der Waals surface area contributed by atoms with Crippen molar-refractivity contribution in [3.63, 3.8) is 0 Å². The van der Waals surface area contributed by atoms with Crippen LogP contribution in [0.1, 0.15) is 24.8 Å². The SMILES string of the molecule is CCC(=O)[C@@H]1CNC[C@H]1c1ccc(Cl)cc1F. The van der Waals surface area contributed by atoms with Gasteiger partial charge in [-0.05, 0) is 17.7 Å². The Kier molecular flexibility index (Phi) is 3.79. The number of Topliss-reactive ketones (excluding diaryl/α,β-unsaturated/α-hetero) is 1. The standard InChI is InChI=1S/C13H15ClFNO/c1-2-13(17)11-7-16-6-10(11)9-4-3-8(14)5-12(9)15/h3-5,10-11,16H,2,6-7H2,1H3/t10-,11+/m0/s1. The minimum absolute atomic E-state index is 0.0697. The fraction of sp³-hybridized carbons (Fsp3) is 0.462. The van der Waals surface area contributed by atoms with Gasteiger partial charge in [0.2, 0.25) is 0 Å². The van der Waals surface area contributed by atoms with Crippen LogP contribution in [0.5, 0.6) is 0 Å². The summed E-state index contributed by atoms with van der Waals surface area (Å²) in [4.78, 5) is 11.8. The second-order valence-electron chi connectivity index (χ2n) is 4.36.